The van der Waals surface area contributed by atoms with Crippen molar-refractivity contribution in [1.29, 1.82) is 0 Å². The van der Waals surface area contributed by atoms with E-state index in [1.54, 1.807) is 0 Å². The lowest BCUT2D eigenvalue weighted by Crippen LogP contribution is -1.88. The highest BCUT2D eigenvalue weighted by Crippen LogP contribution is 2.13. The summed E-state index contributed by atoms with van der Waals surface area (Å²) in [6.45, 7) is 6.05. The van der Waals surface area contributed by atoms with Gasteiger partial charge < -0.3 is 5.11 Å². The molecule has 1 nitrogen and oxygen atoms in total. The van der Waals surface area contributed by atoms with E-state index >= 15 is 0 Å². The normalized spacial score (nSPS) is 11.5. The van der Waals surface area contributed by atoms with Gasteiger partial charge in [0, 0.05) is 11.6 Å². The highest BCUT2D eigenvalue weighted by Gasteiger charge is 1.95. The van der Waals surface area contributed by atoms with Gasteiger partial charge in [-0.3, -0.25) is 0 Å². The molecule has 11 heavy (non-hydrogen) atoms. The summed E-state index contributed by atoms with van der Waals surface area (Å²) in [4.78, 5) is 0. The third-order valence-electron chi connectivity index (χ3n) is 1.40. The van der Waals surface area contributed by atoms with Crippen LogP contribution < -0.4 is 0 Å². The summed E-state index contributed by atoms with van der Waals surface area (Å²) in [7, 11) is 0. The molecule has 0 aromatic carbocycles. The average molecular weight is 175 g/mol. The quantitative estimate of drug-likeness (QED) is 0.653. The molecule has 0 aliphatic carbocycles. The number of rotatable bonds is 3. The van der Waals surface area contributed by atoms with E-state index < -0.39 is 0 Å². The van der Waals surface area contributed by atoms with Gasteiger partial charge in [-0.25, -0.2) is 0 Å². The standard InChI is InChI=1S/C9H15ClO/c1-7(2)9(4-5-11)6-8(3)10/h6,11H,4-5H2,1-3H3. The van der Waals surface area contributed by atoms with Crippen molar-refractivity contribution in [1.82, 2.24) is 0 Å². The predicted octanol–water partition coefficient (Wildman–Crippen LogP) is 2.85. The van der Waals surface area contributed by atoms with E-state index in [1.807, 2.05) is 26.8 Å². The first-order valence-corrected chi connectivity index (χ1v) is 4.06. The molecule has 0 aromatic rings. The Morgan fingerprint density at radius 1 is 1.36 bits per heavy atom. The Morgan fingerprint density at radius 3 is 2.18 bits per heavy atom. The maximum absolute atomic E-state index is 8.69. The number of aliphatic hydroxyl groups is 1. The number of allylic oxidation sites excluding steroid dienone is 3. The van der Waals surface area contributed by atoms with Gasteiger partial charge in [-0.2, -0.15) is 0 Å². The Kier molecular flexibility index (Phi) is 5.26. The molecular formula is C9H15ClO. The van der Waals surface area contributed by atoms with E-state index in [4.69, 9.17) is 16.7 Å². The van der Waals surface area contributed by atoms with Crippen molar-refractivity contribution < 1.29 is 5.11 Å². The molecule has 0 unspecified atom stereocenters. The van der Waals surface area contributed by atoms with Gasteiger partial charge in [0.1, 0.15) is 0 Å². The second-order valence-electron chi connectivity index (χ2n) is 2.73. The first-order valence-electron chi connectivity index (χ1n) is 3.69. The van der Waals surface area contributed by atoms with E-state index in [9.17, 15) is 0 Å². The van der Waals surface area contributed by atoms with Crippen molar-refractivity contribution >= 4 is 11.6 Å². The van der Waals surface area contributed by atoms with Crippen LogP contribution in [0.1, 0.15) is 27.2 Å². The largest absolute Gasteiger partial charge is 0.396 e. The van der Waals surface area contributed by atoms with E-state index in [0.29, 0.717) is 6.42 Å². The van der Waals surface area contributed by atoms with Crippen LogP contribution in [0.4, 0.5) is 0 Å². The molecule has 0 atom stereocenters. The molecule has 0 radical (unpaired) electrons. The van der Waals surface area contributed by atoms with Crippen LogP contribution in [0.2, 0.25) is 0 Å². The summed E-state index contributed by atoms with van der Waals surface area (Å²) in [6, 6.07) is 0. The summed E-state index contributed by atoms with van der Waals surface area (Å²) in [6.07, 6.45) is 2.58. The number of halogens is 1. The van der Waals surface area contributed by atoms with Crippen molar-refractivity contribution in [3.05, 3.63) is 22.3 Å². The highest BCUT2D eigenvalue weighted by molar-refractivity contribution is 6.29. The molecule has 1 N–H and O–H groups in total. The molecule has 0 fully saturated rings. The van der Waals surface area contributed by atoms with Crippen LogP contribution in [0, 0.1) is 0 Å². The fraction of sp³-hybridized carbons (Fsp3) is 0.556. The smallest absolute Gasteiger partial charge is 0.0471 e. The van der Waals surface area contributed by atoms with Crippen LogP contribution in [-0.4, -0.2) is 11.7 Å². The van der Waals surface area contributed by atoms with Crippen LogP contribution in [0.3, 0.4) is 0 Å². The molecule has 64 valence electrons. The Morgan fingerprint density at radius 2 is 1.91 bits per heavy atom. The number of hydrogen-bond acceptors (Lipinski definition) is 1. The van der Waals surface area contributed by atoms with E-state index in [1.165, 1.54) is 5.57 Å². The lowest BCUT2D eigenvalue weighted by atomic mass is 10.1. The Labute approximate surface area is 73.4 Å². The molecule has 0 rings (SSSR count). The van der Waals surface area contributed by atoms with Crippen molar-refractivity contribution in [3.8, 4) is 0 Å². The second kappa shape index (κ2) is 5.39. The fourth-order valence-electron chi connectivity index (χ4n) is 0.827. The second-order valence-corrected chi connectivity index (χ2v) is 3.33. The van der Waals surface area contributed by atoms with Gasteiger partial charge >= 0.3 is 0 Å². The molecule has 2 heteroatoms. The van der Waals surface area contributed by atoms with Gasteiger partial charge in [-0.05, 0) is 38.8 Å². The average Bonchev–Trinajstić information content (AvgIpc) is 1.86. The van der Waals surface area contributed by atoms with Crippen LogP contribution in [0.15, 0.2) is 22.3 Å². The van der Waals surface area contributed by atoms with Crippen LogP contribution in [-0.2, 0) is 0 Å². The lowest BCUT2D eigenvalue weighted by molar-refractivity contribution is 0.300. The first kappa shape index (κ1) is 10.7. The summed E-state index contributed by atoms with van der Waals surface area (Å²) in [5.41, 5.74) is 2.33. The van der Waals surface area contributed by atoms with Crippen LogP contribution in [0.5, 0.6) is 0 Å². The zero-order valence-corrected chi connectivity index (χ0v) is 8.07. The molecule has 0 aliphatic rings. The Bertz CT molecular complexity index is 172. The predicted molar refractivity (Wildman–Crippen MR) is 49.7 cm³/mol. The maximum atomic E-state index is 8.69. The third kappa shape index (κ3) is 5.05. The minimum absolute atomic E-state index is 0.182. The molecule has 0 saturated carbocycles. The topological polar surface area (TPSA) is 20.2 Å². The number of hydrogen-bond donors (Lipinski definition) is 1. The van der Waals surface area contributed by atoms with Crippen molar-refractivity contribution in [2.24, 2.45) is 0 Å². The molecule has 0 aliphatic heterocycles. The minimum atomic E-state index is 0.182. The molecular weight excluding hydrogens is 160 g/mol. The van der Waals surface area contributed by atoms with Gasteiger partial charge in [0.2, 0.25) is 0 Å². The van der Waals surface area contributed by atoms with E-state index in [2.05, 4.69) is 0 Å². The zero-order chi connectivity index (χ0) is 8.85. The van der Waals surface area contributed by atoms with Gasteiger partial charge in [0.15, 0.2) is 0 Å². The molecule has 0 amide bonds. The summed E-state index contributed by atoms with van der Waals surface area (Å²) in [5.74, 6) is 0. The molecule has 0 heterocycles. The van der Waals surface area contributed by atoms with Crippen LogP contribution in [0.25, 0.3) is 0 Å². The fourth-order valence-corrected chi connectivity index (χ4v) is 0.959. The van der Waals surface area contributed by atoms with Gasteiger partial charge in [-0.15, -0.1) is 0 Å². The monoisotopic (exact) mass is 174 g/mol. The number of aliphatic hydroxyl groups excluding tert-OH is 1. The molecule has 0 spiro atoms. The molecule has 0 bridgehead atoms. The lowest BCUT2D eigenvalue weighted by Gasteiger charge is -2.02. The first-order chi connectivity index (χ1) is 5.07. The zero-order valence-electron chi connectivity index (χ0n) is 7.32. The Balaban J connectivity index is 4.38. The summed E-state index contributed by atoms with van der Waals surface area (Å²) >= 11 is 5.70. The SMILES string of the molecule is CC(Cl)=CC(CCO)=C(C)C. The summed E-state index contributed by atoms with van der Waals surface area (Å²) < 4.78 is 0. The maximum Gasteiger partial charge on any atom is 0.0471 e. The van der Waals surface area contributed by atoms with Gasteiger partial charge in [-0.1, -0.05) is 17.2 Å². The van der Waals surface area contributed by atoms with Crippen molar-refractivity contribution in [2.45, 2.75) is 27.2 Å². The van der Waals surface area contributed by atoms with Gasteiger partial charge in [0.25, 0.3) is 0 Å². The van der Waals surface area contributed by atoms with Crippen molar-refractivity contribution in [2.75, 3.05) is 6.61 Å². The summed E-state index contributed by atoms with van der Waals surface area (Å²) in [5, 5.41) is 9.45. The van der Waals surface area contributed by atoms with Gasteiger partial charge in [0.05, 0.1) is 0 Å². The highest BCUT2D eigenvalue weighted by atomic mass is 35.5. The Hall–Kier alpha value is -0.270. The van der Waals surface area contributed by atoms with Crippen LogP contribution >= 0.6 is 11.6 Å². The minimum Gasteiger partial charge on any atom is -0.396 e. The van der Waals surface area contributed by atoms with E-state index in [-0.39, 0.29) is 6.61 Å². The third-order valence-corrected chi connectivity index (χ3v) is 1.51. The van der Waals surface area contributed by atoms with E-state index in [0.717, 1.165) is 10.6 Å². The molecule has 0 aromatic heterocycles. The van der Waals surface area contributed by atoms with Crippen molar-refractivity contribution in [3.63, 3.8) is 0 Å². The molecule has 0 saturated heterocycles.